The summed E-state index contributed by atoms with van der Waals surface area (Å²) in [6, 6.07) is 6.89. The number of carbonyl (C=O) groups is 1. The molecule has 0 aliphatic carbocycles. The number of hydrogen-bond donors (Lipinski definition) is 0. The highest BCUT2D eigenvalue weighted by Crippen LogP contribution is 2.18. The zero-order chi connectivity index (χ0) is 12.0. The summed E-state index contributed by atoms with van der Waals surface area (Å²) in [4.78, 5) is 14.1. The van der Waals surface area contributed by atoms with Gasteiger partial charge < -0.3 is 4.74 Å². The van der Waals surface area contributed by atoms with Gasteiger partial charge in [-0.3, -0.25) is 0 Å². The summed E-state index contributed by atoms with van der Waals surface area (Å²) in [7, 11) is 1.31. The summed E-state index contributed by atoms with van der Waals surface area (Å²) in [5, 5.41) is 3.40. The Bertz CT molecular complexity index is 462. The van der Waals surface area contributed by atoms with E-state index in [0.717, 1.165) is 0 Å². The third kappa shape index (κ3) is 2.62. The first-order valence-electron chi connectivity index (χ1n) is 4.57. The molecule has 5 heteroatoms. The van der Waals surface area contributed by atoms with Crippen molar-refractivity contribution in [1.29, 1.82) is 0 Å². The normalized spacial score (nSPS) is 9.06. The molecule has 5 nitrogen and oxygen atoms in total. The van der Waals surface area contributed by atoms with Crippen LogP contribution in [0.5, 0.6) is 0 Å². The molecule has 0 bridgehead atoms. The maximum absolute atomic E-state index is 11.4. The molecule has 16 heavy (non-hydrogen) atoms. The predicted molar refractivity (Wildman–Crippen MR) is 60.8 cm³/mol. The van der Waals surface area contributed by atoms with Gasteiger partial charge in [0.25, 0.3) is 0 Å². The average Bonchev–Trinajstić information content (AvgIpc) is 2.35. The summed E-state index contributed by atoms with van der Waals surface area (Å²) in [5.41, 5.74) is 9.85. The van der Waals surface area contributed by atoms with Crippen molar-refractivity contribution in [2.24, 2.45) is 5.11 Å². The van der Waals surface area contributed by atoms with E-state index in [9.17, 15) is 4.79 Å². The topological polar surface area (TPSA) is 75.1 Å². The number of esters is 1. The summed E-state index contributed by atoms with van der Waals surface area (Å²) < 4.78 is 4.65. The van der Waals surface area contributed by atoms with Crippen LogP contribution in [0, 0.1) is 0 Å². The molecule has 0 aliphatic rings. The van der Waals surface area contributed by atoms with E-state index >= 15 is 0 Å². The first kappa shape index (κ1) is 11.8. The average molecular weight is 217 g/mol. The van der Waals surface area contributed by atoms with Gasteiger partial charge >= 0.3 is 5.97 Å². The van der Waals surface area contributed by atoms with Crippen LogP contribution >= 0.6 is 0 Å². The Morgan fingerprint density at radius 2 is 2.12 bits per heavy atom. The Balaban J connectivity index is 3.07. The highest BCUT2D eigenvalue weighted by Gasteiger charge is 2.12. The lowest BCUT2D eigenvalue weighted by Crippen LogP contribution is -2.05. The Kier molecular flexibility index (Phi) is 4.12. The van der Waals surface area contributed by atoms with Gasteiger partial charge in [-0.15, -0.1) is 0 Å². The molecule has 0 aromatic heterocycles. The molecule has 0 radical (unpaired) electrons. The van der Waals surface area contributed by atoms with Crippen LogP contribution in [0.15, 0.2) is 36.0 Å². The van der Waals surface area contributed by atoms with E-state index < -0.39 is 5.97 Å². The second-order valence-corrected chi connectivity index (χ2v) is 3.03. The maximum atomic E-state index is 11.4. The lowest BCUT2D eigenvalue weighted by atomic mass is 10.0. The van der Waals surface area contributed by atoms with Crippen molar-refractivity contribution in [3.05, 3.63) is 52.4 Å². The summed E-state index contributed by atoms with van der Waals surface area (Å²) >= 11 is 0. The molecule has 0 amide bonds. The second kappa shape index (κ2) is 5.58. The highest BCUT2D eigenvalue weighted by atomic mass is 16.5. The van der Waals surface area contributed by atoms with Crippen molar-refractivity contribution in [3.8, 4) is 0 Å². The van der Waals surface area contributed by atoms with E-state index in [0.29, 0.717) is 16.7 Å². The number of methoxy groups -OCH3 is 1. The van der Waals surface area contributed by atoms with E-state index in [2.05, 4.69) is 21.3 Å². The molecule has 0 atom stereocenters. The van der Waals surface area contributed by atoms with Crippen molar-refractivity contribution in [2.45, 2.75) is 0 Å². The predicted octanol–water partition coefficient (Wildman–Crippen LogP) is 2.80. The van der Waals surface area contributed by atoms with Crippen LogP contribution in [0.25, 0.3) is 16.0 Å². The van der Waals surface area contributed by atoms with Crippen LogP contribution < -0.4 is 0 Å². The minimum atomic E-state index is -0.433. The Morgan fingerprint density at radius 1 is 1.50 bits per heavy atom. The number of ether oxygens (including phenoxy) is 1. The highest BCUT2D eigenvalue weighted by molar-refractivity contribution is 5.95. The lowest BCUT2D eigenvalue weighted by Gasteiger charge is -2.08. The van der Waals surface area contributed by atoms with Gasteiger partial charge in [-0.1, -0.05) is 29.9 Å². The van der Waals surface area contributed by atoms with Gasteiger partial charge in [0.2, 0.25) is 0 Å². The molecule has 0 N–H and O–H groups in total. The van der Waals surface area contributed by atoms with E-state index in [1.165, 1.54) is 7.11 Å². The smallest absolute Gasteiger partial charge is 0.338 e. The molecule has 1 aromatic carbocycles. The van der Waals surface area contributed by atoms with Crippen molar-refractivity contribution in [3.63, 3.8) is 0 Å². The molecule has 0 aliphatic heterocycles. The monoisotopic (exact) mass is 217 g/mol. The van der Waals surface area contributed by atoms with Crippen molar-refractivity contribution >= 4 is 11.5 Å². The van der Waals surface area contributed by atoms with Crippen LogP contribution in [-0.4, -0.2) is 19.6 Å². The van der Waals surface area contributed by atoms with Gasteiger partial charge in [-0.25, -0.2) is 4.79 Å². The molecule has 0 fully saturated rings. The van der Waals surface area contributed by atoms with Gasteiger partial charge in [-0.2, -0.15) is 0 Å². The second-order valence-electron chi connectivity index (χ2n) is 3.03. The third-order valence-electron chi connectivity index (χ3n) is 2.04. The first-order chi connectivity index (χ1) is 7.70. The zero-order valence-corrected chi connectivity index (χ0v) is 8.88. The van der Waals surface area contributed by atoms with E-state index in [-0.39, 0.29) is 6.54 Å². The van der Waals surface area contributed by atoms with Crippen LogP contribution in [0.3, 0.4) is 0 Å². The molecule has 1 aromatic rings. The molecule has 0 spiro atoms. The minimum Gasteiger partial charge on any atom is -0.465 e. The lowest BCUT2D eigenvalue weighted by molar-refractivity contribution is 0.0600. The molecule has 0 heterocycles. The van der Waals surface area contributed by atoms with E-state index in [1.54, 1.807) is 24.3 Å². The largest absolute Gasteiger partial charge is 0.465 e. The first-order valence-corrected chi connectivity index (χ1v) is 4.57. The SMILES string of the molecule is C=C(CN=[N+]=[N-])c1ccccc1C(=O)OC. The van der Waals surface area contributed by atoms with Crippen molar-refractivity contribution in [1.82, 2.24) is 0 Å². The van der Waals surface area contributed by atoms with Crippen molar-refractivity contribution < 1.29 is 9.53 Å². The molecule has 0 saturated heterocycles. The Labute approximate surface area is 93.0 Å². The fourth-order valence-electron chi connectivity index (χ4n) is 1.28. The summed E-state index contributed by atoms with van der Waals surface area (Å²) in [5.74, 6) is -0.433. The summed E-state index contributed by atoms with van der Waals surface area (Å²) in [6.45, 7) is 3.90. The standard InChI is InChI=1S/C11H11N3O2/c1-8(7-13-14-12)9-5-3-4-6-10(9)11(15)16-2/h3-6H,1,7H2,2H3. The summed E-state index contributed by atoms with van der Waals surface area (Å²) in [6.07, 6.45) is 0. The van der Waals surface area contributed by atoms with Crippen LogP contribution in [0.1, 0.15) is 15.9 Å². The van der Waals surface area contributed by atoms with Crippen LogP contribution in [-0.2, 0) is 4.74 Å². The third-order valence-corrected chi connectivity index (χ3v) is 2.04. The number of azide groups is 1. The van der Waals surface area contributed by atoms with Crippen molar-refractivity contribution in [2.75, 3.05) is 13.7 Å². The number of rotatable bonds is 4. The Morgan fingerprint density at radius 3 is 2.69 bits per heavy atom. The van der Waals surface area contributed by atoms with Crippen LogP contribution in [0.4, 0.5) is 0 Å². The van der Waals surface area contributed by atoms with Gasteiger partial charge in [0.05, 0.1) is 19.2 Å². The van der Waals surface area contributed by atoms with E-state index in [1.807, 2.05) is 0 Å². The number of hydrogen-bond acceptors (Lipinski definition) is 3. The molecule has 0 unspecified atom stereocenters. The van der Waals surface area contributed by atoms with Gasteiger partial charge in [0.1, 0.15) is 0 Å². The number of carbonyl (C=O) groups excluding carboxylic acids is 1. The fraction of sp³-hybridized carbons (Fsp3) is 0.182. The number of nitrogens with zero attached hydrogens (tertiary/aromatic N) is 3. The minimum absolute atomic E-state index is 0.129. The molecule has 82 valence electrons. The molecular weight excluding hydrogens is 206 g/mol. The van der Waals surface area contributed by atoms with Gasteiger partial charge in [0.15, 0.2) is 0 Å². The van der Waals surface area contributed by atoms with Crippen LogP contribution in [0.2, 0.25) is 0 Å². The molecule has 1 rings (SSSR count). The Hall–Kier alpha value is -2.26. The maximum Gasteiger partial charge on any atom is 0.338 e. The zero-order valence-electron chi connectivity index (χ0n) is 8.88. The number of benzene rings is 1. The van der Waals surface area contributed by atoms with Gasteiger partial charge in [0, 0.05) is 4.91 Å². The van der Waals surface area contributed by atoms with Gasteiger partial charge in [-0.05, 0) is 22.7 Å². The van der Waals surface area contributed by atoms with E-state index in [4.69, 9.17) is 5.53 Å². The quantitative estimate of drug-likeness (QED) is 0.336. The molecule has 0 saturated carbocycles. The fourth-order valence-corrected chi connectivity index (χ4v) is 1.28. The molecular formula is C11H11N3O2.